The van der Waals surface area contributed by atoms with E-state index in [-0.39, 0.29) is 24.4 Å². The molecule has 1 amide bonds. The van der Waals surface area contributed by atoms with Crippen molar-refractivity contribution in [2.45, 2.75) is 51.7 Å². The molecular formula is C25H26ClFN2O3S. The number of amides is 1. The van der Waals surface area contributed by atoms with Crippen LogP contribution in [0.25, 0.3) is 6.08 Å². The molecule has 5 nitrogen and oxygen atoms in total. The highest BCUT2D eigenvalue weighted by atomic mass is 35.5. The Morgan fingerprint density at radius 3 is 2.70 bits per heavy atom. The first-order valence-electron chi connectivity index (χ1n) is 11.2. The van der Waals surface area contributed by atoms with Crippen LogP contribution in [0.5, 0.6) is 11.5 Å². The number of hydrogen-bond acceptors (Lipinski definition) is 4. The fraction of sp³-hybridized carbons (Fsp3) is 0.360. The Bertz CT molecular complexity index is 1090. The summed E-state index contributed by atoms with van der Waals surface area (Å²) in [4.78, 5) is 14.8. The van der Waals surface area contributed by atoms with Gasteiger partial charge < -0.3 is 14.8 Å². The summed E-state index contributed by atoms with van der Waals surface area (Å²) in [5.74, 6) is 0.275. The van der Waals surface area contributed by atoms with Gasteiger partial charge in [0, 0.05) is 11.6 Å². The Morgan fingerprint density at radius 1 is 1.21 bits per heavy atom. The Morgan fingerprint density at radius 2 is 1.97 bits per heavy atom. The number of nitrogens with one attached hydrogen (secondary N) is 1. The average molecular weight is 489 g/mol. The molecule has 1 saturated heterocycles. The van der Waals surface area contributed by atoms with Gasteiger partial charge in [-0.1, -0.05) is 49.1 Å². The highest BCUT2D eigenvalue weighted by molar-refractivity contribution is 7.80. The van der Waals surface area contributed by atoms with Crippen molar-refractivity contribution < 1.29 is 18.7 Å². The second-order valence-electron chi connectivity index (χ2n) is 8.10. The summed E-state index contributed by atoms with van der Waals surface area (Å²) in [5.41, 5.74) is 1.49. The lowest BCUT2D eigenvalue weighted by atomic mass is 9.94. The van der Waals surface area contributed by atoms with E-state index >= 15 is 0 Å². The van der Waals surface area contributed by atoms with Crippen LogP contribution in [0, 0.1) is 5.82 Å². The van der Waals surface area contributed by atoms with E-state index in [0.29, 0.717) is 45.1 Å². The third-order valence-corrected chi connectivity index (χ3v) is 6.40. The van der Waals surface area contributed by atoms with E-state index in [2.05, 4.69) is 5.32 Å². The number of carbonyl (C=O) groups is 1. The van der Waals surface area contributed by atoms with Crippen LogP contribution >= 0.6 is 23.8 Å². The molecule has 174 valence electrons. The first-order valence-corrected chi connectivity index (χ1v) is 11.9. The van der Waals surface area contributed by atoms with Crippen molar-refractivity contribution in [2.75, 3.05) is 6.61 Å². The van der Waals surface area contributed by atoms with E-state index in [1.165, 1.54) is 12.5 Å². The quantitative estimate of drug-likeness (QED) is 0.391. The molecule has 0 bridgehead atoms. The lowest BCUT2D eigenvalue weighted by Crippen LogP contribution is -2.41. The number of halogens is 2. The summed E-state index contributed by atoms with van der Waals surface area (Å²) < 4.78 is 25.5. The second kappa shape index (κ2) is 10.5. The molecule has 1 aliphatic heterocycles. The molecule has 1 heterocycles. The van der Waals surface area contributed by atoms with E-state index in [1.807, 2.05) is 6.92 Å². The van der Waals surface area contributed by atoms with Gasteiger partial charge in [0.25, 0.3) is 5.91 Å². The summed E-state index contributed by atoms with van der Waals surface area (Å²) in [6, 6.07) is 9.99. The van der Waals surface area contributed by atoms with Gasteiger partial charge in [-0.05, 0) is 61.8 Å². The predicted molar refractivity (Wildman–Crippen MR) is 131 cm³/mol. The highest BCUT2D eigenvalue weighted by Gasteiger charge is 2.36. The summed E-state index contributed by atoms with van der Waals surface area (Å²) in [6.07, 6.45) is 7.07. The number of rotatable bonds is 7. The maximum Gasteiger partial charge on any atom is 0.276 e. The molecule has 2 aromatic rings. The van der Waals surface area contributed by atoms with Crippen LogP contribution in [0.1, 0.15) is 50.2 Å². The lowest BCUT2D eigenvalue weighted by molar-refractivity contribution is -0.124. The van der Waals surface area contributed by atoms with Gasteiger partial charge in [0.05, 0.1) is 11.6 Å². The number of hydrogen-bond donors (Lipinski definition) is 1. The van der Waals surface area contributed by atoms with Crippen molar-refractivity contribution in [3.8, 4) is 11.5 Å². The maximum absolute atomic E-state index is 14.0. The first-order chi connectivity index (χ1) is 16.0. The molecule has 33 heavy (non-hydrogen) atoms. The predicted octanol–water partition coefficient (Wildman–Crippen LogP) is 5.85. The minimum absolute atomic E-state index is 0.0115. The van der Waals surface area contributed by atoms with Crippen molar-refractivity contribution in [1.29, 1.82) is 0 Å². The van der Waals surface area contributed by atoms with Crippen LogP contribution in [0.15, 0.2) is 42.1 Å². The second-order valence-corrected chi connectivity index (χ2v) is 8.89. The molecule has 2 fully saturated rings. The standard InChI is InChI=1S/C25H26ClFN2O3S/c1-2-31-22-14-16(12-19(26)23(22)32-15-17-8-6-7-11-20(17)27)13-21-24(30)29(25(33)28-21)18-9-4-3-5-10-18/h6-8,11-14,18H,2-5,9-10,15H2,1H3,(H,28,33). The molecule has 2 aliphatic rings. The normalized spacial score (nSPS) is 18.0. The fourth-order valence-corrected chi connectivity index (χ4v) is 4.84. The number of ether oxygens (including phenoxy) is 2. The topological polar surface area (TPSA) is 50.8 Å². The zero-order chi connectivity index (χ0) is 23.4. The van der Waals surface area contributed by atoms with Crippen molar-refractivity contribution in [3.05, 3.63) is 64.1 Å². The van der Waals surface area contributed by atoms with E-state index in [0.717, 1.165) is 25.7 Å². The van der Waals surface area contributed by atoms with Gasteiger partial charge in [-0.2, -0.15) is 0 Å². The Kier molecular flexibility index (Phi) is 7.50. The lowest BCUT2D eigenvalue weighted by Gasteiger charge is -2.29. The molecule has 0 atom stereocenters. The number of carbonyl (C=O) groups excluding carboxylic acids is 1. The van der Waals surface area contributed by atoms with Crippen molar-refractivity contribution >= 4 is 40.9 Å². The van der Waals surface area contributed by atoms with E-state index in [9.17, 15) is 9.18 Å². The number of thiocarbonyl (C=S) groups is 1. The van der Waals surface area contributed by atoms with Crippen LogP contribution in [0.3, 0.4) is 0 Å². The minimum Gasteiger partial charge on any atom is -0.490 e. The zero-order valence-corrected chi connectivity index (χ0v) is 20.0. The summed E-state index contributed by atoms with van der Waals surface area (Å²) >= 11 is 12.0. The van der Waals surface area contributed by atoms with Crippen LogP contribution in [-0.2, 0) is 11.4 Å². The molecule has 2 aromatic carbocycles. The van der Waals surface area contributed by atoms with Gasteiger partial charge in [0.1, 0.15) is 18.1 Å². The van der Waals surface area contributed by atoms with Gasteiger partial charge >= 0.3 is 0 Å². The smallest absolute Gasteiger partial charge is 0.276 e. The Balaban J connectivity index is 1.57. The third-order valence-electron chi connectivity index (χ3n) is 5.82. The molecular weight excluding hydrogens is 463 g/mol. The van der Waals surface area contributed by atoms with Gasteiger partial charge in [-0.3, -0.25) is 9.69 Å². The molecule has 0 aromatic heterocycles. The molecule has 4 rings (SSSR count). The van der Waals surface area contributed by atoms with Crippen molar-refractivity contribution in [3.63, 3.8) is 0 Å². The molecule has 0 unspecified atom stereocenters. The van der Waals surface area contributed by atoms with Crippen LogP contribution in [0.2, 0.25) is 5.02 Å². The van der Waals surface area contributed by atoms with Gasteiger partial charge in [-0.25, -0.2) is 4.39 Å². The molecule has 1 N–H and O–H groups in total. The number of nitrogens with zero attached hydrogens (tertiary/aromatic N) is 1. The molecule has 8 heteroatoms. The Labute approximate surface area is 203 Å². The maximum atomic E-state index is 14.0. The van der Waals surface area contributed by atoms with Crippen LogP contribution in [-0.4, -0.2) is 28.6 Å². The summed E-state index contributed by atoms with van der Waals surface area (Å²) in [7, 11) is 0. The monoisotopic (exact) mass is 488 g/mol. The SMILES string of the molecule is CCOc1cc(C=C2NC(=S)N(C3CCCCC3)C2=O)cc(Cl)c1OCc1ccccc1F. The summed E-state index contributed by atoms with van der Waals surface area (Å²) in [6.45, 7) is 2.25. The van der Waals surface area contributed by atoms with Gasteiger partial charge in [-0.15, -0.1) is 0 Å². The van der Waals surface area contributed by atoms with Crippen molar-refractivity contribution in [2.24, 2.45) is 0 Å². The van der Waals surface area contributed by atoms with E-state index in [1.54, 1.807) is 41.3 Å². The zero-order valence-electron chi connectivity index (χ0n) is 18.4. The van der Waals surface area contributed by atoms with Gasteiger partial charge in [0.15, 0.2) is 16.6 Å². The van der Waals surface area contributed by atoms with Crippen LogP contribution in [0.4, 0.5) is 4.39 Å². The minimum atomic E-state index is -0.350. The van der Waals surface area contributed by atoms with Crippen LogP contribution < -0.4 is 14.8 Å². The van der Waals surface area contributed by atoms with E-state index in [4.69, 9.17) is 33.3 Å². The molecule has 1 saturated carbocycles. The van der Waals surface area contributed by atoms with E-state index < -0.39 is 0 Å². The summed E-state index contributed by atoms with van der Waals surface area (Å²) in [5, 5.41) is 3.80. The van der Waals surface area contributed by atoms with Crippen molar-refractivity contribution in [1.82, 2.24) is 10.2 Å². The molecule has 0 spiro atoms. The molecule has 0 radical (unpaired) electrons. The fourth-order valence-electron chi connectivity index (χ4n) is 4.23. The number of benzene rings is 2. The molecule has 1 aliphatic carbocycles. The van der Waals surface area contributed by atoms with Gasteiger partial charge in [0.2, 0.25) is 0 Å². The average Bonchev–Trinajstić information content (AvgIpc) is 3.07. The highest BCUT2D eigenvalue weighted by Crippen LogP contribution is 2.38. The largest absolute Gasteiger partial charge is 0.490 e. The first kappa shape index (κ1) is 23.5. The third kappa shape index (κ3) is 5.31. The Hall–Kier alpha value is -2.64.